The van der Waals surface area contributed by atoms with Gasteiger partial charge in [0.15, 0.2) is 0 Å². The average molecular weight is 250 g/mol. The van der Waals surface area contributed by atoms with Crippen LogP contribution in [-0.2, 0) is 4.79 Å². The fourth-order valence-electron chi connectivity index (χ4n) is 1.42. The minimum atomic E-state index is -0.700. The van der Waals surface area contributed by atoms with Crippen LogP contribution in [0, 0.1) is 6.92 Å². The molecule has 0 spiro atoms. The lowest BCUT2D eigenvalue weighted by Gasteiger charge is -2.11. The summed E-state index contributed by atoms with van der Waals surface area (Å²) >= 11 is 0. The number of amides is 2. The molecule has 0 aliphatic carbocycles. The number of rotatable bonds is 5. The molecule has 1 heterocycles. The van der Waals surface area contributed by atoms with Gasteiger partial charge in [0.05, 0.1) is 0 Å². The molecule has 4 N–H and O–H groups in total. The zero-order valence-corrected chi connectivity index (χ0v) is 10.8. The minimum absolute atomic E-state index is 0.342. The number of carbonyl (C=O) groups excluding carboxylic acids is 2. The first kappa shape index (κ1) is 14.0. The normalized spacial score (nSPS) is 11.7. The van der Waals surface area contributed by atoms with Crippen molar-refractivity contribution in [3.05, 3.63) is 23.4 Å². The fourth-order valence-corrected chi connectivity index (χ4v) is 1.42. The van der Waals surface area contributed by atoms with Crippen molar-refractivity contribution < 1.29 is 9.59 Å². The molecule has 1 atom stereocenters. The summed E-state index contributed by atoms with van der Waals surface area (Å²) in [6, 6.07) is 2.59. The highest BCUT2D eigenvalue weighted by Crippen LogP contribution is 2.10. The average Bonchev–Trinajstić information content (AvgIpc) is 2.28. The summed E-state index contributed by atoms with van der Waals surface area (Å²) < 4.78 is 0. The topological polar surface area (TPSA) is 97.1 Å². The van der Waals surface area contributed by atoms with E-state index >= 15 is 0 Å². The molecule has 6 nitrogen and oxygen atoms in total. The molecule has 0 aromatic carbocycles. The maximum absolute atomic E-state index is 11.9. The number of nitrogens with one attached hydrogen (secondary N) is 2. The number of aryl methyl sites for hydroxylation is 1. The second kappa shape index (κ2) is 6.00. The Labute approximate surface area is 106 Å². The van der Waals surface area contributed by atoms with Crippen molar-refractivity contribution in [1.82, 2.24) is 10.3 Å². The third kappa shape index (κ3) is 3.73. The Kier molecular flexibility index (Phi) is 4.65. The zero-order valence-electron chi connectivity index (χ0n) is 10.8. The molecule has 98 valence electrons. The Morgan fingerprint density at radius 2 is 2.11 bits per heavy atom. The predicted octanol–water partition coefficient (Wildman–Crippen LogP) is 0.425. The van der Waals surface area contributed by atoms with Gasteiger partial charge in [-0.2, -0.15) is 0 Å². The van der Waals surface area contributed by atoms with E-state index < -0.39 is 11.9 Å². The standard InChI is InChI=1S/C12H18N4O2/c1-4-14-10-6-9(5-7(2)15-10)12(18)16-8(3)11(13)17/h5-6,8H,4H2,1-3H3,(H2,13,17)(H,14,15)(H,16,18). The largest absolute Gasteiger partial charge is 0.370 e. The number of aromatic nitrogens is 1. The summed E-state index contributed by atoms with van der Waals surface area (Å²) in [5, 5.41) is 5.56. The van der Waals surface area contributed by atoms with E-state index in [0.29, 0.717) is 11.4 Å². The van der Waals surface area contributed by atoms with Crippen molar-refractivity contribution in [2.45, 2.75) is 26.8 Å². The molecule has 2 amide bonds. The molecule has 0 aliphatic rings. The van der Waals surface area contributed by atoms with Crippen LogP contribution in [0.25, 0.3) is 0 Å². The lowest BCUT2D eigenvalue weighted by Crippen LogP contribution is -2.42. The lowest BCUT2D eigenvalue weighted by molar-refractivity contribution is -0.119. The fraction of sp³-hybridized carbons (Fsp3) is 0.417. The van der Waals surface area contributed by atoms with Crippen LogP contribution in [0.15, 0.2) is 12.1 Å². The summed E-state index contributed by atoms with van der Waals surface area (Å²) in [6.45, 7) is 6.00. The second-order valence-corrected chi connectivity index (χ2v) is 4.01. The number of nitrogens with two attached hydrogens (primary N) is 1. The van der Waals surface area contributed by atoms with Gasteiger partial charge in [-0.25, -0.2) is 4.98 Å². The molecule has 0 saturated carbocycles. The molecule has 1 rings (SSSR count). The van der Waals surface area contributed by atoms with Crippen molar-refractivity contribution in [2.24, 2.45) is 5.73 Å². The summed E-state index contributed by atoms with van der Waals surface area (Å²) in [4.78, 5) is 27.0. The first-order valence-electron chi connectivity index (χ1n) is 5.76. The molecule has 0 saturated heterocycles. The smallest absolute Gasteiger partial charge is 0.252 e. The Bertz CT molecular complexity index is 459. The van der Waals surface area contributed by atoms with Gasteiger partial charge in [0.1, 0.15) is 11.9 Å². The van der Waals surface area contributed by atoms with E-state index in [-0.39, 0.29) is 5.91 Å². The van der Waals surface area contributed by atoms with Gasteiger partial charge in [-0.15, -0.1) is 0 Å². The molecule has 1 unspecified atom stereocenters. The van der Waals surface area contributed by atoms with Gasteiger partial charge >= 0.3 is 0 Å². The zero-order chi connectivity index (χ0) is 13.7. The Hall–Kier alpha value is -2.11. The molecule has 0 radical (unpaired) electrons. The van der Waals surface area contributed by atoms with Gasteiger partial charge in [-0.05, 0) is 32.9 Å². The van der Waals surface area contributed by atoms with E-state index in [1.54, 1.807) is 26.0 Å². The Morgan fingerprint density at radius 1 is 1.44 bits per heavy atom. The van der Waals surface area contributed by atoms with E-state index in [0.717, 1.165) is 12.2 Å². The van der Waals surface area contributed by atoms with Crippen molar-refractivity contribution in [3.63, 3.8) is 0 Å². The maximum atomic E-state index is 11.9. The van der Waals surface area contributed by atoms with Crippen LogP contribution in [0.4, 0.5) is 5.82 Å². The SMILES string of the molecule is CCNc1cc(C(=O)NC(C)C(N)=O)cc(C)n1. The molecule has 0 fully saturated rings. The molecule has 0 aliphatic heterocycles. The third-order valence-corrected chi connectivity index (χ3v) is 2.35. The van der Waals surface area contributed by atoms with Gasteiger partial charge in [0, 0.05) is 17.8 Å². The molecule has 1 aromatic heterocycles. The molecule has 6 heteroatoms. The highest BCUT2D eigenvalue weighted by molar-refractivity contribution is 5.97. The number of carbonyl (C=O) groups is 2. The van der Waals surface area contributed by atoms with Crippen LogP contribution in [0.2, 0.25) is 0 Å². The van der Waals surface area contributed by atoms with E-state index in [1.807, 2.05) is 6.92 Å². The number of pyridine rings is 1. The monoisotopic (exact) mass is 250 g/mol. The molecule has 1 aromatic rings. The highest BCUT2D eigenvalue weighted by Gasteiger charge is 2.14. The van der Waals surface area contributed by atoms with Crippen LogP contribution in [0.1, 0.15) is 29.9 Å². The van der Waals surface area contributed by atoms with Crippen LogP contribution in [-0.4, -0.2) is 29.4 Å². The van der Waals surface area contributed by atoms with Gasteiger partial charge in [0.25, 0.3) is 5.91 Å². The number of hydrogen-bond acceptors (Lipinski definition) is 4. The van der Waals surface area contributed by atoms with E-state index in [1.165, 1.54) is 0 Å². The number of primary amides is 1. The van der Waals surface area contributed by atoms with Crippen molar-refractivity contribution in [3.8, 4) is 0 Å². The minimum Gasteiger partial charge on any atom is -0.370 e. The summed E-state index contributed by atoms with van der Waals surface area (Å²) in [5.74, 6) is -0.277. The van der Waals surface area contributed by atoms with Gasteiger partial charge in [-0.3, -0.25) is 9.59 Å². The molecule has 18 heavy (non-hydrogen) atoms. The van der Waals surface area contributed by atoms with Gasteiger partial charge in [0.2, 0.25) is 5.91 Å². The first-order valence-corrected chi connectivity index (χ1v) is 5.76. The first-order chi connectivity index (χ1) is 8.43. The van der Waals surface area contributed by atoms with Crippen LogP contribution >= 0.6 is 0 Å². The van der Waals surface area contributed by atoms with Crippen molar-refractivity contribution in [2.75, 3.05) is 11.9 Å². The predicted molar refractivity (Wildman–Crippen MR) is 69.3 cm³/mol. The lowest BCUT2D eigenvalue weighted by atomic mass is 10.2. The number of nitrogens with zero attached hydrogens (tertiary/aromatic N) is 1. The van der Waals surface area contributed by atoms with Crippen LogP contribution in [0.3, 0.4) is 0 Å². The highest BCUT2D eigenvalue weighted by atomic mass is 16.2. The van der Waals surface area contributed by atoms with Crippen molar-refractivity contribution >= 4 is 17.6 Å². The summed E-state index contributed by atoms with van der Waals surface area (Å²) in [6.07, 6.45) is 0. The van der Waals surface area contributed by atoms with Crippen LogP contribution in [0.5, 0.6) is 0 Å². The molecule has 0 bridgehead atoms. The van der Waals surface area contributed by atoms with E-state index in [9.17, 15) is 9.59 Å². The second-order valence-electron chi connectivity index (χ2n) is 4.01. The third-order valence-electron chi connectivity index (χ3n) is 2.35. The van der Waals surface area contributed by atoms with E-state index in [2.05, 4.69) is 15.6 Å². The van der Waals surface area contributed by atoms with E-state index in [4.69, 9.17) is 5.73 Å². The number of hydrogen-bond donors (Lipinski definition) is 3. The molecular formula is C12H18N4O2. The number of anilines is 1. The van der Waals surface area contributed by atoms with Crippen LogP contribution < -0.4 is 16.4 Å². The summed E-state index contributed by atoms with van der Waals surface area (Å²) in [7, 11) is 0. The molecular weight excluding hydrogens is 232 g/mol. The van der Waals surface area contributed by atoms with Gasteiger partial charge in [-0.1, -0.05) is 0 Å². The Morgan fingerprint density at radius 3 is 2.67 bits per heavy atom. The Balaban J connectivity index is 2.88. The summed E-state index contributed by atoms with van der Waals surface area (Å²) in [5.41, 5.74) is 6.27. The van der Waals surface area contributed by atoms with Gasteiger partial charge < -0.3 is 16.4 Å². The quantitative estimate of drug-likeness (QED) is 0.705. The van der Waals surface area contributed by atoms with Crippen molar-refractivity contribution in [1.29, 1.82) is 0 Å². The maximum Gasteiger partial charge on any atom is 0.252 e.